The molecule has 1 aromatic carbocycles. The molecule has 0 radical (unpaired) electrons. The quantitative estimate of drug-likeness (QED) is 0.546. The van der Waals surface area contributed by atoms with Gasteiger partial charge in [0.25, 0.3) is 0 Å². The maximum Gasteiger partial charge on any atom is 0.506 e. The molecule has 1 aromatic rings. The van der Waals surface area contributed by atoms with E-state index < -0.39 is 8.80 Å². The fourth-order valence-electron chi connectivity index (χ4n) is 1.47. The highest BCUT2D eigenvalue weighted by Crippen LogP contribution is 2.15. The second kappa shape index (κ2) is 6.88. The molecule has 0 N–H and O–H groups in total. The molecule has 5 heteroatoms. The van der Waals surface area contributed by atoms with E-state index in [4.69, 9.17) is 13.3 Å². The zero-order valence-corrected chi connectivity index (χ0v) is 12.0. The van der Waals surface area contributed by atoms with E-state index in [-0.39, 0.29) is 0 Å². The molecule has 0 aliphatic rings. The molecule has 1 rings (SSSR count). The van der Waals surface area contributed by atoms with Crippen molar-refractivity contribution in [2.24, 2.45) is 0 Å². The van der Waals surface area contributed by atoms with Gasteiger partial charge in [-0.05, 0) is 19.7 Å². The standard InChI is InChI=1S/C12H21NO3Si/c1-13(2)11-16-17(14-3,15-4)10-12-8-6-5-7-9-12/h5-9H,10-11H2,1-4H3. The third-order valence-electron chi connectivity index (χ3n) is 2.43. The molecule has 0 bridgehead atoms. The Bertz CT molecular complexity index is 315. The first kappa shape index (κ1) is 14.3. The van der Waals surface area contributed by atoms with E-state index in [9.17, 15) is 0 Å². The molecule has 0 atom stereocenters. The monoisotopic (exact) mass is 255 g/mol. The molecule has 17 heavy (non-hydrogen) atoms. The fraction of sp³-hybridized carbons (Fsp3) is 0.500. The molecule has 0 heterocycles. The van der Waals surface area contributed by atoms with Crippen molar-refractivity contribution in [2.75, 3.05) is 35.0 Å². The molecule has 0 aliphatic heterocycles. The van der Waals surface area contributed by atoms with Crippen molar-refractivity contribution in [1.82, 2.24) is 4.90 Å². The van der Waals surface area contributed by atoms with Crippen molar-refractivity contribution in [3.63, 3.8) is 0 Å². The first-order valence-electron chi connectivity index (χ1n) is 5.55. The van der Waals surface area contributed by atoms with Gasteiger partial charge in [0.1, 0.15) is 0 Å². The van der Waals surface area contributed by atoms with Crippen molar-refractivity contribution >= 4 is 8.80 Å². The SMILES string of the molecule is CO[Si](Cc1ccccc1)(OC)OCN(C)C. The predicted molar refractivity (Wildman–Crippen MR) is 69.6 cm³/mol. The Morgan fingerprint density at radius 3 is 2.12 bits per heavy atom. The highest BCUT2D eigenvalue weighted by molar-refractivity contribution is 6.60. The number of hydrogen-bond acceptors (Lipinski definition) is 4. The first-order chi connectivity index (χ1) is 8.12. The van der Waals surface area contributed by atoms with Crippen LogP contribution in [0.5, 0.6) is 0 Å². The molecule has 4 nitrogen and oxygen atoms in total. The summed E-state index contributed by atoms with van der Waals surface area (Å²) < 4.78 is 16.8. The Balaban J connectivity index is 2.70. The Labute approximate surface area is 104 Å². The van der Waals surface area contributed by atoms with Crippen LogP contribution in [0, 0.1) is 0 Å². The van der Waals surface area contributed by atoms with Gasteiger partial charge in [0, 0.05) is 20.3 Å². The smallest absolute Gasteiger partial charge is 0.377 e. The molecule has 0 fully saturated rings. The Morgan fingerprint density at radius 2 is 1.65 bits per heavy atom. The van der Waals surface area contributed by atoms with Crippen LogP contribution in [0.25, 0.3) is 0 Å². The van der Waals surface area contributed by atoms with Crippen LogP contribution < -0.4 is 0 Å². The number of rotatable bonds is 7. The Morgan fingerprint density at radius 1 is 1.06 bits per heavy atom. The van der Waals surface area contributed by atoms with E-state index in [1.807, 2.05) is 37.2 Å². The molecule has 96 valence electrons. The average molecular weight is 255 g/mol. The summed E-state index contributed by atoms with van der Waals surface area (Å²) in [7, 11) is 4.61. The summed E-state index contributed by atoms with van der Waals surface area (Å²) >= 11 is 0. The minimum Gasteiger partial charge on any atom is -0.377 e. The third-order valence-corrected chi connectivity index (χ3v) is 5.08. The van der Waals surface area contributed by atoms with E-state index in [1.54, 1.807) is 14.2 Å². The van der Waals surface area contributed by atoms with E-state index in [0.29, 0.717) is 12.8 Å². The molecule has 0 aromatic heterocycles. The summed E-state index contributed by atoms with van der Waals surface area (Å²) in [6.45, 7) is 0.501. The number of benzene rings is 1. The van der Waals surface area contributed by atoms with Crippen molar-refractivity contribution in [1.29, 1.82) is 0 Å². The molecule has 0 aliphatic carbocycles. The summed E-state index contributed by atoms with van der Waals surface area (Å²) in [4.78, 5) is 1.95. The lowest BCUT2D eigenvalue weighted by Gasteiger charge is -2.27. The number of hydrogen-bond donors (Lipinski definition) is 0. The van der Waals surface area contributed by atoms with Crippen molar-refractivity contribution in [2.45, 2.75) is 6.04 Å². The highest BCUT2D eigenvalue weighted by atomic mass is 28.4. The first-order valence-corrected chi connectivity index (χ1v) is 7.48. The summed E-state index contributed by atoms with van der Waals surface area (Å²) in [6, 6.07) is 10.8. The maximum atomic E-state index is 5.81. The van der Waals surface area contributed by atoms with Gasteiger partial charge in [0.2, 0.25) is 0 Å². The van der Waals surface area contributed by atoms with Crippen LogP contribution in [0.4, 0.5) is 0 Å². The molecule has 0 unspecified atom stereocenters. The normalized spacial score (nSPS) is 12.1. The fourth-order valence-corrected chi connectivity index (χ4v) is 3.45. The zero-order chi connectivity index (χ0) is 12.7. The minimum absolute atomic E-state index is 0.501. The highest BCUT2D eigenvalue weighted by Gasteiger charge is 2.39. The lowest BCUT2D eigenvalue weighted by Crippen LogP contribution is -2.48. The summed E-state index contributed by atoms with van der Waals surface area (Å²) in [5, 5.41) is 0. The lowest BCUT2D eigenvalue weighted by atomic mass is 10.2. The molecule has 0 amide bonds. The third kappa shape index (κ3) is 4.57. The van der Waals surface area contributed by atoms with Crippen LogP contribution in [0.15, 0.2) is 30.3 Å². The van der Waals surface area contributed by atoms with Crippen molar-refractivity contribution in [3.05, 3.63) is 35.9 Å². The van der Waals surface area contributed by atoms with E-state index in [1.165, 1.54) is 5.56 Å². The topological polar surface area (TPSA) is 30.9 Å². The average Bonchev–Trinajstić information content (AvgIpc) is 2.36. The largest absolute Gasteiger partial charge is 0.506 e. The second-order valence-electron chi connectivity index (χ2n) is 4.11. The van der Waals surface area contributed by atoms with Crippen LogP contribution in [-0.4, -0.2) is 48.8 Å². The van der Waals surface area contributed by atoms with Crippen LogP contribution in [0.2, 0.25) is 0 Å². The van der Waals surface area contributed by atoms with Gasteiger partial charge >= 0.3 is 8.80 Å². The second-order valence-corrected chi connectivity index (χ2v) is 6.93. The molecular weight excluding hydrogens is 234 g/mol. The van der Waals surface area contributed by atoms with E-state index in [2.05, 4.69) is 12.1 Å². The van der Waals surface area contributed by atoms with Gasteiger partial charge in [-0.15, -0.1) is 0 Å². The maximum absolute atomic E-state index is 5.81. The molecule has 0 saturated heterocycles. The van der Waals surface area contributed by atoms with Gasteiger partial charge in [-0.25, -0.2) is 0 Å². The minimum atomic E-state index is -2.59. The van der Waals surface area contributed by atoms with Gasteiger partial charge < -0.3 is 13.3 Å². The molecule has 0 spiro atoms. The van der Waals surface area contributed by atoms with Gasteiger partial charge in [-0.3, -0.25) is 4.90 Å². The van der Waals surface area contributed by atoms with Gasteiger partial charge in [0.15, 0.2) is 0 Å². The molecular formula is C12H21NO3Si. The zero-order valence-electron chi connectivity index (χ0n) is 11.0. The van der Waals surface area contributed by atoms with Crippen molar-refractivity contribution < 1.29 is 13.3 Å². The number of nitrogens with zero attached hydrogens (tertiary/aromatic N) is 1. The predicted octanol–water partition coefficient (Wildman–Crippen LogP) is 1.54. The Hall–Kier alpha value is -0.723. The summed E-state index contributed by atoms with van der Waals surface area (Å²) in [5.41, 5.74) is 1.17. The van der Waals surface area contributed by atoms with Crippen LogP contribution in [-0.2, 0) is 19.3 Å². The Kier molecular flexibility index (Phi) is 5.80. The van der Waals surface area contributed by atoms with Gasteiger partial charge in [0.05, 0.1) is 6.73 Å². The van der Waals surface area contributed by atoms with Gasteiger partial charge in [-0.2, -0.15) is 0 Å². The van der Waals surface area contributed by atoms with Crippen LogP contribution >= 0.6 is 0 Å². The lowest BCUT2D eigenvalue weighted by molar-refractivity contribution is 0.0556. The van der Waals surface area contributed by atoms with Crippen molar-refractivity contribution in [3.8, 4) is 0 Å². The summed E-state index contributed by atoms with van der Waals surface area (Å²) in [6.07, 6.45) is 0. The van der Waals surface area contributed by atoms with Crippen LogP contribution in [0.1, 0.15) is 5.56 Å². The van der Waals surface area contributed by atoms with Gasteiger partial charge in [-0.1, -0.05) is 30.3 Å². The summed E-state index contributed by atoms with van der Waals surface area (Å²) in [5.74, 6) is 0. The van der Waals surface area contributed by atoms with E-state index >= 15 is 0 Å². The van der Waals surface area contributed by atoms with E-state index in [0.717, 1.165) is 0 Å². The van der Waals surface area contributed by atoms with Crippen LogP contribution in [0.3, 0.4) is 0 Å². The molecule has 0 saturated carbocycles.